The molecule has 0 aliphatic carbocycles. The molecule has 20 heavy (non-hydrogen) atoms. The van der Waals surface area contributed by atoms with Crippen LogP contribution in [0.25, 0.3) is 0 Å². The molecule has 0 spiro atoms. The standard InChI is InChI=1S/C15H26IN3O/c1-7-15(8-2,20-9-3)14-18-12(10(4)5)11(16)13(17-6)19-14/h10H,7-9H2,1-6H3,(H,17,18,19). The van der Waals surface area contributed by atoms with Crippen molar-refractivity contribution in [3.05, 3.63) is 15.1 Å². The molecule has 0 radical (unpaired) electrons. The van der Waals surface area contributed by atoms with Gasteiger partial charge in [0.2, 0.25) is 0 Å². The highest BCUT2D eigenvalue weighted by Gasteiger charge is 2.33. The van der Waals surface area contributed by atoms with E-state index in [1.165, 1.54) is 0 Å². The zero-order chi connectivity index (χ0) is 15.3. The maximum Gasteiger partial charge on any atom is 0.162 e. The van der Waals surface area contributed by atoms with Gasteiger partial charge in [-0.25, -0.2) is 9.97 Å². The van der Waals surface area contributed by atoms with E-state index in [-0.39, 0.29) is 5.60 Å². The molecule has 0 unspecified atom stereocenters. The van der Waals surface area contributed by atoms with Crippen molar-refractivity contribution in [1.82, 2.24) is 9.97 Å². The van der Waals surface area contributed by atoms with Gasteiger partial charge in [0, 0.05) is 13.7 Å². The Labute approximate surface area is 136 Å². The van der Waals surface area contributed by atoms with Crippen molar-refractivity contribution < 1.29 is 4.74 Å². The first kappa shape index (κ1) is 17.6. The highest BCUT2D eigenvalue weighted by atomic mass is 127. The average Bonchev–Trinajstić information content (AvgIpc) is 2.45. The van der Waals surface area contributed by atoms with Gasteiger partial charge in [0.15, 0.2) is 5.82 Å². The van der Waals surface area contributed by atoms with E-state index in [1.807, 2.05) is 14.0 Å². The van der Waals surface area contributed by atoms with Gasteiger partial charge in [-0.15, -0.1) is 0 Å². The topological polar surface area (TPSA) is 47.0 Å². The highest BCUT2D eigenvalue weighted by Crippen LogP contribution is 2.34. The van der Waals surface area contributed by atoms with Crippen LogP contribution in [0.5, 0.6) is 0 Å². The summed E-state index contributed by atoms with van der Waals surface area (Å²) in [5.74, 6) is 2.06. The number of nitrogens with zero attached hydrogens (tertiary/aromatic N) is 2. The van der Waals surface area contributed by atoms with Gasteiger partial charge in [0.1, 0.15) is 11.4 Å². The third-order valence-corrected chi connectivity index (χ3v) is 4.69. The van der Waals surface area contributed by atoms with Gasteiger partial charge >= 0.3 is 0 Å². The average molecular weight is 391 g/mol. The summed E-state index contributed by atoms with van der Waals surface area (Å²) < 4.78 is 7.13. The Morgan fingerprint density at radius 3 is 2.20 bits per heavy atom. The van der Waals surface area contributed by atoms with Gasteiger partial charge in [-0.05, 0) is 48.3 Å². The minimum Gasteiger partial charge on any atom is -0.372 e. The molecule has 1 heterocycles. The number of anilines is 1. The Hall–Kier alpha value is -0.430. The second-order valence-corrected chi connectivity index (χ2v) is 6.21. The van der Waals surface area contributed by atoms with Crippen molar-refractivity contribution in [2.75, 3.05) is 19.0 Å². The maximum absolute atomic E-state index is 6.03. The van der Waals surface area contributed by atoms with Crippen LogP contribution in [-0.4, -0.2) is 23.6 Å². The zero-order valence-electron chi connectivity index (χ0n) is 13.4. The van der Waals surface area contributed by atoms with Crippen LogP contribution in [0.1, 0.15) is 64.9 Å². The molecule has 0 atom stereocenters. The van der Waals surface area contributed by atoms with Crippen LogP contribution in [0.3, 0.4) is 0 Å². The maximum atomic E-state index is 6.03. The molecule has 0 amide bonds. The molecule has 0 aromatic carbocycles. The van der Waals surface area contributed by atoms with E-state index in [4.69, 9.17) is 14.7 Å². The van der Waals surface area contributed by atoms with Crippen molar-refractivity contribution in [3.8, 4) is 0 Å². The van der Waals surface area contributed by atoms with Crippen LogP contribution in [-0.2, 0) is 10.3 Å². The molecule has 0 fully saturated rings. The Morgan fingerprint density at radius 1 is 1.20 bits per heavy atom. The van der Waals surface area contributed by atoms with Crippen molar-refractivity contribution in [3.63, 3.8) is 0 Å². The van der Waals surface area contributed by atoms with Crippen LogP contribution in [0.2, 0.25) is 0 Å². The molecule has 0 aliphatic heterocycles. The molecule has 0 bridgehead atoms. The van der Waals surface area contributed by atoms with Gasteiger partial charge in [0.25, 0.3) is 0 Å². The lowest BCUT2D eigenvalue weighted by molar-refractivity contribution is -0.0572. The molecular formula is C15H26IN3O. The summed E-state index contributed by atoms with van der Waals surface area (Å²) in [6.45, 7) is 11.3. The van der Waals surface area contributed by atoms with Gasteiger partial charge in [-0.2, -0.15) is 0 Å². The fraction of sp³-hybridized carbons (Fsp3) is 0.733. The van der Waals surface area contributed by atoms with Crippen LogP contribution in [0.15, 0.2) is 0 Å². The van der Waals surface area contributed by atoms with E-state index < -0.39 is 0 Å². The Bertz CT molecular complexity index is 445. The zero-order valence-corrected chi connectivity index (χ0v) is 15.5. The Balaban J connectivity index is 3.46. The lowest BCUT2D eigenvalue weighted by Crippen LogP contribution is -2.32. The molecule has 0 aliphatic rings. The molecule has 4 nitrogen and oxygen atoms in total. The van der Waals surface area contributed by atoms with E-state index in [1.54, 1.807) is 0 Å². The minimum atomic E-state index is -0.381. The number of rotatable bonds is 7. The fourth-order valence-electron chi connectivity index (χ4n) is 2.33. The highest BCUT2D eigenvalue weighted by molar-refractivity contribution is 14.1. The SMILES string of the molecule is CCOC(CC)(CC)c1nc(NC)c(I)c(C(C)C)n1. The third-order valence-electron chi connectivity index (χ3n) is 3.63. The predicted octanol–water partition coefficient (Wildman–Crippen LogP) is 4.30. The van der Waals surface area contributed by atoms with E-state index in [2.05, 4.69) is 55.6 Å². The van der Waals surface area contributed by atoms with E-state index in [0.717, 1.165) is 33.7 Å². The van der Waals surface area contributed by atoms with E-state index >= 15 is 0 Å². The summed E-state index contributed by atoms with van der Waals surface area (Å²) in [6.07, 6.45) is 1.75. The summed E-state index contributed by atoms with van der Waals surface area (Å²) in [5, 5.41) is 3.18. The number of ether oxygens (including phenoxy) is 1. The van der Waals surface area contributed by atoms with Crippen LogP contribution in [0, 0.1) is 3.57 Å². The first-order valence-corrected chi connectivity index (χ1v) is 8.43. The van der Waals surface area contributed by atoms with Crippen LogP contribution >= 0.6 is 22.6 Å². The second-order valence-electron chi connectivity index (χ2n) is 5.13. The van der Waals surface area contributed by atoms with E-state index in [9.17, 15) is 0 Å². The molecule has 1 aromatic heterocycles. The molecule has 0 saturated carbocycles. The van der Waals surface area contributed by atoms with Crippen molar-refractivity contribution in [2.45, 2.75) is 59.0 Å². The molecule has 5 heteroatoms. The van der Waals surface area contributed by atoms with Crippen molar-refractivity contribution in [1.29, 1.82) is 0 Å². The molecule has 0 saturated heterocycles. The second kappa shape index (κ2) is 7.54. The first-order valence-electron chi connectivity index (χ1n) is 7.35. The minimum absolute atomic E-state index is 0.365. The lowest BCUT2D eigenvalue weighted by Gasteiger charge is -2.31. The van der Waals surface area contributed by atoms with Gasteiger partial charge < -0.3 is 10.1 Å². The Kier molecular flexibility index (Phi) is 6.64. The fourth-order valence-corrected chi connectivity index (χ4v) is 3.46. The molecule has 1 rings (SSSR count). The predicted molar refractivity (Wildman–Crippen MR) is 92.3 cm³/mol. The normalized spacial score (nSPS) is 12.0. The molecule has 1 N–H and O–H groups in total. The largest absolute Gasteiger partial charge is 0.372 e. The summed E-state index contributed by atoms with van der Waals surface area (Å²) in [4.78, 5) is 9.54. The van der Waals surface area contributed by atoms with Gasteiger partial charge in [-0.1, -0.05) is 27.7 Å². The number of aromatic nitrogens is 2. The summed E-state index contributed by atoms with van der Waals surface area (Å²) in [7, 11) is 1.90. The summed E-state index contributed by atoms with van der Waals surface area (Å²) >= 11 is 2.32. The van der Waals surface area contributed by atoms with Crippen molar-refractivity contribution >= 4 is 28.4 Å². The van der Waals surface area contributed by atoms with Crippen molar-refractivity contribution in [2.24, 2.45) is 0 Å². The third kappa shape index (κ3) is 3.42. The van der Waals surface area contributed by atoms with E-state index in [0.29, 0.717) is 12.5 Å². The molecule has 114 valence electrons. The van der Waals surface area contributed by atoms with Crippen LogP contribution < -0.4 is 5.32 Å². The van der Waals surface area contributed by atoms with Crippen LogP contribution in [0.4, 0.5) is 5.82 Å². The summed E-state index contributed by atoms with van der Waals surface area (Å²) in [6, 6.07) is 0. The number of hydrogen-bond acceptors (Lipinski definition) is 4. The Morgan fingerprint density at radius 2 is 1.80 bits per heavy atom. The quantitative estimate of drug-likeness (QED) is 0.705. The smallest absolute Gasteiger partial charge is 0.162 e. The first-order chi connectivity index (χ1) is 9.45. The number of nitrogens with one attached hydrogen (secondary N) is 1. The number of hydrogen-bond donors (Lipinski definition) is 1. The van der Waals surface area contributed by atoms with Gasteiger partial charge in [-0.3, -0.25) is 0 Å². The molecular weight excluding hydrogens is 365 g/mol. The monoisotopic (exact) mass is 391 g/mol. The van der Waals surface area contributed by atoms with Gasteiger partial charge in [0.05, 0.1) is 9.26 Å². The summed E-state index contributed by atoms with van der Waals surface area (Å²) in [5.41, 5.74) is 0.708. The molecule has 1 aromatic rings. The number of halogens is 1. The lowest BCUT2D eigenvalue weighted by atomic mass is 9.95.